The van der Waals surface area contributed by atoms with Crippen LogP contribution in [0.15, 0.2) is 18.2 Å². The Morgan fingerprint density at radius 3 is 2.53 bits per heavy atom. The molecule has 0 spiro atoms. The van der Waals surface area contributed by atoms with Crippen molar-refractivity contribution in [3.8, 4) is 6.07 Å². The molecule has 0 atom stereocenters. The smallest absolute Gasteiger partial charge is 0.303 e. The van der Waals surface area contributed by atoms with E-state index in [9.17, 15) is 18.0 Å². The van der Waals surface area contributed by atoms with Crippen LogP contribution in [-0.4, -0.2) is 6.29 Å². The van der Waals surface area contributed by atoms with Crippen LogP contribution in [0.25, 0.3) is 0 Å². The van der Waals surface area contributed by atoms with Crippen molar-refractivity contribution in [3.63, 3.8) is 0 Å². The first-order chi connectivity index (χ1) is 6.99. The van der Waals surface area contributed by atoms with Gasteiger partial charge in [-0.2, -0.15) is 18.4 Å². The van der Waals surface area contributed by atoms with Gasteiger partial charge in [0.15, 0.2) is 0 Å². The van der Waals surface area contributed by atoms with Crippen LogP contribution in [-0.2, 0) is 17.4 Å². The normalized spacial score (nSPS) is 10.8. The first kappa shape index (κ1) is 11.2. The third-order valence-corrected chi connectivity index (χ3v) is 1.85. The maximum Gasteiger partial charge on any atom is 0.416 e. The van der Waals surface area contributed by atoms with E-state index < -0.39 is 11.7 Å². The molecule has 1 aromatic rings. The fourth-order valence-corrected chi connectivity index (χ4v) is 1.18. The molecule has 0 saturated carbocycles. The Bertz CT molecular complexity index is 418. The molecule has 15 heavy (non-hydrogen) atoms. The van der Waals surface area contributed by atoms with Crippen LogP contribution < -0.4 is 0 Å². The van der Waals surface area contributed by atoms with Crippen molar-refractivity contribution in [3.05, 3.63) is 34.9 Å². The standard InChI is InChI=1S/C10H6F3NO/c11-10(12,13)9-5-7(6-14)1-2-8(9)3-4-15/h1-2,4-5H,3H2. The van der Waals surface area contributed by atoms with Gasteiger partial charge < -0.3 is 4.79 Å². The average molecular weight is 213 g/mol. The molecule has 2 nitrogen and oxygen atoms in total. The molecule has 0 saturated heterocycles. The second-order valence-corrected chi connectivity index (χ2v) is 2.85. The number of carbonyl (C=O) groups is 1. The van der Waals surface area contributed by atoms with Gasteiger partial charge in [-0.1, -0.05) is 6.07 Å². The summed E-state index contributed by atoms with van der Waals surface area (Å²) in [4.78, 5) is 10.2. The van der Waals surface area contributed by atoms with Crippen molar-refractivity contribution in [2.24, 2.45) is 0 Å². The second kappa shape index (κ2) is 4.13. The van der Waals surface area contributed by atoms with Gasteiger partial charge >= 0.3 is 6.18 Å². The summed E-state index contributed by atoms with van der Waals surface area (Å²) in [6.07, 6.45) is -4.44. The quantitative estimate of drug-likeness (QED) is 0.707. The number of hydrogen-bond acceptors (Lipinski definition) is 2. The van der Waals surface area contributed by atoms with Crippen molar-refractivity contribution in [2.75, 3.05) is 0 Å². The Balaban J connectivity index is 3.30. The molecule has 0 unspecified atom stereocenters. The van der Waals surface area contributed by atoms with Crippen molar-refractivity contribution in [1.29, 1.82) is 5.26 Å². The SMILES string of the molecule is N#Cc1ccc(CC=O)c(C(F)(F)F)c1. The Kier molecular flexibility index (Phi) is 3.10. The molecule has 0 aliphatic heterocycles. The summed E-state index contributed by atoms with van der Waals surface area (Å²) in [5.74, 6) is 0. The predicted molar refractivity (Wildman–Crippen MR) is 45.9 cm³/mol. The summed E-state index contributed by atoms with van der Waals surface area (Å²) in [5, 5.41) is 8.46. The molecule has 1 rings (SSSR count). The van der Waals surface area contributed by atoms with Gasteiger partial charge in [0.25, 0.3) is 0 Å². The minimum absolute atomic E-state index is 0.0722. The third-order valence-electron chi connectivity index (χ3n) is 1.85. The number of rotatable bonds is 2. The topological polar surface area (TPSA) is 40.9 Å². The van der Waals surface area contributed by atoms with E-state index >= 15 is 0 Å². The van der Waals surface area contributed by atoms with E-state index in [1.54, 1.807) is 6.07 Å². The lowest BCUT2D eigenvalue weighted by Gasteiger charge is -2.11. The highest BCUT2D eigenvalue weighted by Gasteiger charge is 2.33. The van der Waals surface area contributed by atoms with Crippen molar-refractivity contribution < 1.29 is 18.0 Å². The molecule has 5 heteroatoms. The predicted octanol–water partition coefficient (Wildman–Crippen LogP) is 2.32. The summed E-state index contributed by atoms with van der Waals surface area (Å²) < 4.78 is 37.4. The van der Waals surface area contributed by atoms with Crippen molar-refractivity contribution in [2.45, 2.75) is 12.6 Å². The monoisotopic (exact) mass is 213 g/mol. The van der Waals surface area contributed by atoms with Gasteiger partial charge in [-0.15, -0.1) is 0 Å². The molecule has 78 valence electrons. The van der Waals surface area contributed by atoms with Gasteiger partial charge in [0.2, 0.25) is 0 Å². The summed E-state index contributed by atoms with van der Waals surface area (Å²) in [6.45, 7) is 0. The van der Waals surface area contributed by atoms with E-state index in [-0.39, 0.29) is 17.5 Å². The van der Waals surface area contributed by atoms with Crippen LogP contribution in [0.2, 0.25) is 0 Å². The summed E-state index contributed by atoms with van der Waals surface area (Å²) >= 11 is 0. The number of hydrogen-bond donors (Lipinski definition) is 0. The second-order valence-electron chi connectivity index (χ2n) is 2.85. The molecule has 0 fully saturated rings. The maximum absolute atomic E-state index is 12.5. The average Bonchev–Trinajstić information content (AvgIpc) is 2.17. The van der Waals surface area contributed by atoms with Crippen LogP contribution in [0.4, 0.5) is 13.2 Å². The Hall–Kier alpha value is -1.83. The van der Waals surface area contributed by atoms with Gasteiger partial charge in [-0.3, -0.25) is 0 Å². The lowest BCUT2D eigenvalue weighted by Crippen LogP contribution is -2.10. The maximum atomic E-state index is 12.5. The largest absolute Gasteiger partial charge is 0.416 e. The van der Waals surface area contributed by atoms with Gasteiger partial charge in [0.1, 0.15) is 6.29 Å². The van der Waals surface area contributed by atoms with Gasteiger partial charge in [-0.05, 0) is 17.7 Å². The minimum Gasteiger partial charge on any atom is -0.303 e. The lowest BCUT2D eigenvalue weighted by molar-refractivity contribution is -0.138. The van der Waals surface area contributed by atoms with Crippen LogP contribution in [0, 0.1) is 11.3 Å². The van der Waals surface area contributed by atoms with Crippen molar-refractivity contribution in [1.82, 2.24) is 0 Å². The Morgan fingerprint density at radius 1 is 1.40 bits per heavy atom. The highest BCUT2D eigenvalue weighted by molar-refractivity contribution is 5.57. The van der Waals surface area contributed by atoms with E-state index in [1.165, 1.54) is 6.07 Å². The van der Waals surface area contributed by atoms with Crippen molar-refractivity contribution >= 4 is 6.29 Å². The molecular weight excluding hydrogens is 207 g/mol. The zero-order valence-corrected chi connectivity index (χ0v) is 7.51. The summed E-state index contributed by atoms with van der Waals surface area (Å²) in [5.41, 5.74) is -1.11. The molecule has 0 aliphatic carbocycles. The fraction of sp³-hybridized carbons (Fsp3) is 0.200. The van der Waals surface area contributed by atoms with Gasteiger partial charge in [-0.25, -0.2) is 0 Å². The Labute approximate surface area is 83.9 Å². The van der Waals surface area contributed by atoms with E-state index in [2.05, 4.69) is 0 Å². The molecular formula is C10H6F3NO. The van der Waals surface area contributed by atoms with Crippen LogP contribution in [0.3, 0.4) is 0 Å². The third kappa shape index (κ3) is 2.56. The fourth-order valence-electron chi connectivity index (χ4n) is 1.18. The lowest BCUT2D eigenvalue weighted by atomic mass is 10.0. The van der Waals surface area contributed by atoms with Crippen LogP contribution in [0.1, 0.15) is 16.7 Å². The Morgan fingerprint density at radius 2 is 2.07 bits per heavy atom. The van der Waals surface area contributed by atoms with Crippen LogP contribution in [0.5, 0.6) is 0 Å². The highest BCUT2D eigenvalue weighted by atomic mass is 19.4. The van der Waals surface area contributed by atoms with E-state index in [0.717, 1.165) is 12.1 Å². The first-order valence-electron chi connectivity index (χ1n) is 4.03. The summed E-state index contributed by atoms with van der Waals surface area (Å²) in [7, 11) is 0. The van der Waals surface area contributed by atoms with Gasteiger partial charge in [0, 0.05) is 6.42 Å². The molecule has 0 N–H and O–H groups in total. The minimum atomic E-state index is -4.54. The molecule has 0 aromatic heterocycles. The molecule has 0 heterocycles. The number of benzene rings is 1. The number of nitriles is 1. The molecule has 0 radical (unpaired) electrons. The highest BCUT2D eigenvalue weighted by Crippen LogP contribution is 2.32. The molecule has 1 aromatic carbocycles. The number of nitrogens with zero attached hydrogens (tertiary/aromatic N) is 1. The molecule has 0 aliphatic rings. The number of carbonyl (C=O) groups excluding carboxylic acids is 1. The number of halogens is 3. The zero-order chi connectivity index (χ0) is 11.5. The van der Waals surface area contributed by atoms with E-state index in [1.807, 2.05) is 0 Å². The zero-order valence-electron chi connectivity index (χ0n) is 7.51. The number of alkyl halides is 3. The molecule has 0 amide bonds. The number of aldehydes is 1. The first-order valence-corrected chi connectivity index (χ1v) is 4.03. The van der Waals surface area contributed by atoms with E-state index in [0.29, 0.717) is 6.29 Å². The summed E-state index contributed by atoms with van der Waals surface area (Å²) in [6, 6.07) is 4.78. The van der Waals surface area contributed by atoms with Gasteiger partial charge in [0.05, 0.1) is 17.2 Å². The molecule has 0 bridgehead atoms. The van der Waals surface area contributed by atoms with Crippen LogP contribution >= 0.6 is 0 Å². The van der Waals surface area contributed by atoms with E-state index in [4.69, 9.17) is 5.26 Å².